The van der Waals surface area contributed by atoms with Crippen molar-refractivity contribution in [2.24, 2.45) is 5.92 Å². The molecular weight excluding hydrogens is 620 g/mol. The molecule has 3 aliphatic rings. The second-order valence-corrected chi connectivity index (χ2v) is 12.6. The summed E-state index contributed by atoms with van der Waals surface area (Å²) in [6.07, 6.45) is -21.4. The van der Waals surface area contributed by atoms with Gasteiger partial charge in [0.1, 0.15) is 54.9 Å². The van der Waals surface area contributed by atoms with Gasteiger partial charge >= 0.3 is 0 Å². The van der Waals surface area contributed by atoms with Gasteiger partial charge in [0, 0.05) is 5.92 Å². The van der Waals surface area contributed by atoms with Crippen LogP contribution in [0, 0.1) is 5.92 Å². The third-order valence-corrected chi connectivity index (χ3v) is 8.13. The van der Waals surface area contributed by atoms with Crippen molar-refractivity contribution in [3.63, 3.8) is 0 Å². The summed E-state index contributed by atoms with van der Waals surface area (Å²) < 4.78 is 45.9. The monoisotopic (exact) mass is 674 g/mol. The van der Waals surface area contributed by atoms with E-state index in [-0.39, 0.29) is 39.6 Å². The standard InChI is InChI=1S/C29H54O17/c1-12(30)6-39-9-17-15(4)20(33)24(37)28(43-17)46-27-19(11-41-8-14(3)32)44-29(25(38)23(27)36)45-26-18(10-40-7-13(2)31)42-16(5)21(34)22(26)35/h12-38H,6-11H2,1-5H3/t12?,13?,14?,15-,16-,17-,18-,19-,20+,21+,22+,23-,24-,25-,26-,27-,28-,29-/m1/s1. The highest BCUT2D eigenvalue weighted by atomic mass is 16.7. The Kier molecular flexibility index (Phi) is 15.9. The summed E-state index contributed by atoms with van der Waals surface area (Å²) in [6.45, 7) is 7.08. The summed E-state index contributed by atoms with van der Waals surface area (Å²) in [4.78, 5) is 0. The number of ether oxygens (including phenoxy) is 8. The van der Waals surface area contributed by atoms with Crippen molar-refractivity contribution >= 4 is 0 Å². The first-order valence-electron chi connectivity index (χ1n) is 15.7. The first-order valence-corrected chi connectivity index (χ1v) is 15.7. The molecule has 9 N–H and O–H groups in total. The summed E-state index contributed by atoms with van der Waals surface area (Å²) in [6, 6.07) is 0. The van der Waals surface area contributed by atoms with Crippen LogP contribution in [-0.4, -0.2) is 190 Å². The molecule has 3 saturated heterocycles. The molecule has 3 heterocycles. The highest BCUT2D eigenvalue weighted by molar-refractivity contribution is 4.96. The third kappa shape index (κ3) is 10.7. The van der Waals surface area contributed by atoms with Crippen molar-refractivity contribution < 1.29 is 83.9 Å². The second-order valence-electron chi connectivity index (χ2n) is 12.6. The Morgan fingerprint density at radius 3 is 1.33 bits per heavy atom. The Balaban J connectivity index is 1.78. The van der Waals surface area contributed by atoms with E-state index in [0.29, 0.717) is 0 Å². The lowest BCUT2D eigenvalue weighted by Crippen LogP contribution is -2.66. The highest BCUT2D eigenvalue weighted by Crippen LogP contribution is 2.34. The lowest BCUT2D eigenvalue weighted by Gasteiger charge is -2.48. The van der Waals surface area contributed by atoms with Gasteiger partial charge in [-0.25, -0.2) is 0 Å². The molecule has 0 radical (unpaired) electrons. The maximum absolute atomic E-state index is 11.3. The van der Waals surface area contributed by atoms with Crippen LogP contribution < -0.4 is 0 Å². The van der Waals surface area contributed by atoms with Gasteiger partial charge in [0.15, 0.2) is 12.6 Å². The van der Waals surface area contributed by atoms with Gasteiger partial charge in [0.2, 0.25) is 0 Å². The van der Waals surface area contributed by atoms with E-state index in [1.807, 2.05) is 0 Å². The van der Waals surface area contributed by atoms with Crippen molar-refractivity contribution in [3.8, 4) is 0 Å². The fourth-order valence-electron chi connectivity index (χ4n) is 5.49. The SMILES string of the molecule is CC(O)COC[C@H]1O[C@H](O[C@H]2[C@H](O)[C@@H](O)[C@@H](O[C@H]3[C@@H](O)[C@@H](O)[C@@H](C)O[C@@H]3COCC(C)O)O[C@@H]2COCC(C)O)[C@H](O)[C@@H](O)[C@@H]1C. The minimum Gasteiger partial charge on any atom is -0.391 e. The van der Waals surface area contributed by atoms with Crippen molar-refractivity contribution in [1.82, 2.24) is 0 Å². The number of aliphatic hydroxyl groups is 9. The topological polar surface area (TPSA) is 256 Å². The smallest absolute Gasteiger partial charge is 0.187 e. The highest BCUT2D eigenvalue weighted by Gasteiger charge is 2.53. The second kappa shape index (κ2) is 18.4. The minimum atomic E-state index is -1.81. The van der Waals surface area contributed by atoms with E-state index in [4.69, 9.17) is 37.9 Å². The van der Waals surface area contributed by atoms with Crippen LogP contribution in [0.25, 0.3) is 0 Å². The Morgan fingerprint density at radius 1 is 0.500 bits per heavy atom. The molecule has 18 atom stereocenters. The van der Waals surface area contributed by atoms with Crippen molar-refractivity contribution in [3.05, 3.63) is 0 Å². The molecule has 0 spiro atoms. The van der Waals surface area contributed by atoms with Crippen LogP contribution in [0.5, 0.6) is 0 Å². The zero-order chi connectivity index (χ0) is 34.3. The van der Waals surface area contributed by atoms with Crippen LogP contribution in [0.3, 0.4) is 0 Å². The van der Waals surface area contributed by atoms with Gasteiger partial charge in [-0.1, -0.05) is 6.92 Å². The summed E-state index contributed by atoms with van der Waals surface area (Å²) in [5, 5.41) is 94.0. The first kappa shape index (κ1) is 39.8. The van der Waals surface area contributed by atoms with Gasteiger partial charge < -0.3 is 83.9 Å². The molecule has 17 heteroatoms. The maximum atomic E-state index is 11.3. The van der Waals surface area contributed by atoms with E-state index in [9.17, 15) is 46.0 Å². The fourth-order valence-corrected chi connectivity index (χ4v) is 5.49. The quantitative estimate of drug-likeness (QED) is 0.0756. The van der Waals surface area contributed by atoms with E-state index in [2.05, 4.69) is 0 Å². The number of hydrogen-bond acceptors (Lipinski definition) is 17. The molecule has 0 aromatic rings. The molecule has 272 valence electrons. The van der Waals surface area contributed by atoms with Crippen molar-refractivity contribution in [2.45, 2.75) is 139 Å². The summed E-state index contributed by atoms with van der Waals surface area (Å²) in [5.41, 5.74) is 0. The van der Waals surface area contributed by atoms with Crippen LogP contribution in [0.15, 0.2) is 0 Å². The molecule has 17 nitrogen and oxygen atoms in total. The predicted octanol–water partition coefficient (Wildman–Crippen LogP) is -4.01. The fraction of sp³-hybridized carbons (Fsp3) is 1.00. The first-order chi connectivity index (χ1) is 21.6. The van der Waals surface area contributed by atoms with E-state index in [1.54, 1.807) is 20.8 Å². The Hall–Kier alpha value is -0.680. The Morgan fingerprint density at radius 2 is 0.870 bits per heavy atom. The van der Waals surface area contributed by atoms with Crippen molar-refractivity contribution in [2.75, 3.05) is 39.6 Å². The molecule has 0 bridgehead atoms. The van der Waals surface area contributed by atoms with Crippen LogP contribution in [0.4, 0.5) is 0 Å². The Bertz CT molecular complexity index is 866. The van der Waals surface area contributed by atoms with Gasteiger partial charge in [-0.2, -0.15) is 0 Å². The molecule has 3 aliphatic heterocycles. The summed E-state index contributed by atoms with van der Waals surface area (Å²) >= 11 is 0. The average Bonchev–Trinajstić information content (AvgIpc) is 2.98. The van der Waals surface area contributed by atoms with Crippen LogP contribution in [-0.2, 0) is 37.9 Å². The van der Waals surface area contributed by atoms with Crippen LogP contribution in [0.2, 0.25) is 0 Å². The van der Waals surface area contributed by atoms with Crippen LogP contribution in [0.1, 0.15) is 34.6 Å². The van der Waals surface area contributed by atoms with E-state index < -0.39 is 110 Å². The van der Waals surface area contributed by atoms with E-state index in [1.165, 1.54) is 13.8 Å². The third-order valence-electron chi connectivity index (χ3n) is 8.13. The Labute approximate surface area is 268 Å². The van der Waals surface area contributed by atoms with Gasteiger partial charge in [0.25, 0.3) is 0 Å². The van der Waals surface area contributed by atoms with E-state index in [0.717, 1.165) is 0 Å². The molecule has 3 rings (SSSR count). The van der Waals surface area contributed by atoms with Crippen molar-refractivity contribution in [1.29, 1.82) is 0 Å². The normalized spacial score (nSPS) is 44.1. The summed E-state index contributed by atoms with van der Waals surface area (Å²) in [5.74, 6) is -0.593. The van der Waals surface area contributed by atoms with E-state index >= 15 is 0 Å². The average molecular weight is 675 g/mol. The van der Waals surface area contributed by atoms with Gasteiger partial charge in [0.05, 0.1) is 76.3 Å². The molecule has 0 aromatic carbocycles. The zero-order valence-electron chi connectivity index (χ0n) is 26.9. The zero-order valence-corrected chi connectivity index (χ0v) is 26.9. The molecule has 0 aliphatic carbocycles. The lowest BCUT2D eigenvalue weighted by molar-refractivity contribution is -0.371. The molecular formula is C29H54O17. The van der Waals surface area contributed by atoms with Crippen LogP contribution >= 0.6 is 0 Å². The number of rotatable bonds is 16. The molecule has 3 fully saturated rings. The molecule has 3 unspecified atom stereocenters. The maximum Gasteiger partial charge on any atom is 0.187 e. The van der Waals surface area contributed by atoms with Gasteiger partial charge in [-0.15, -0.1) is 0 Å². The summed E-state index contributed by atoms with van der Waals surface area (Å²) in [7, 11) is 0. The largest absolute Gasteiger partial charge is 0.391 e. The lowest BCUT2D eigenvalue weighted by atomic mass is 9.90. The minimum absolute atomic E-state index is 0.00637. The molecule has 0 aromatic heterocycles. The predicted molar refractivity (Wildman–Crippen MR) is 154 cm³/mol. The number of hydrogen-bond donors (Lipinski definition) is 9. The molecule has 0 amide bonds. The van der Waals surface area contributed by atoms with Gasteiger partial charge in [-0.3, -0.25) is 0 Å². The molecule has 46 heavy (non-hydrogen) atoms. The molecule has 0 saturated carbocycles. The number of aliphatic hydroxyl groups excluding tert-OH is 9. The van der Waals surface area contributed by atoms with Gasteiger partial charge in [-0.05, 0) is 27.7 Å².